The lowest BCUT2D eigenvalue weighted by Gasteiger charge is -2.22. The number of benzene rings is 1. The maximum atomic E-state index is 6.14. The van der Waals surface area contributed by atoms with Crippen molar-refractivity contribution in [2.45, 2.75) is 19.4 Å². The molecule has 5 nitrogen and oxygen atoms in total. The van der Waals surface area contributed by atoms with Crippen molar-refractivity contribution in [2.24, 2.45) is 4.99 Å². The Morgan fingerprint density at radius 2 is 2.39 bits per heavy atom. The van der Waals surface area contributed by atoms with Crippen LogP contribution in [0.25, 0.3) is 0 Å². The lowest BCUT2D eigenvalue weighted by Crippen LogP contribution is -2.44. The van der Waals surface area contributed by atoms with Crippen molar-refractivity contribution in [3.63, 3.8) is 0 Å². The zero-order valence-corrected chi connectivity index (χ0v) is 14.6. The third-order valence-corrected chi connectivity index (χ3v) is 3.97. The van der Waals surface area contributed by atoms with Gasteiger partial charge in [0.1, 0.15) is 5.75 Å². The third kappa shape index (κ3) is 4.79. The van der Waals surface area contributed by atoms with Crippen LogP contribution in [0.2, 0.25) is 5.02 Å². The Morgan fingerprint density at radius 3 is 3.09 bits per heavy atom. The first-order chi connectivity index (χ1) is 11.2. The molecular formula is C17H25ClN4O. The second-order valence-electron chi connectivity index (χ2n) is 5.40. The highest BCUT2D eigenvalue weighted by Crippen LogP contribution is 2.33. The van der Waals surface area contributed by atoms with Gasteiger partial charge >= 0.3 is 0 Å². The summed E-state index contributed by atoms with van der Waals surface area (Å²) in [6.45, 7) is 9.04. The van der Waals surface area contributed by atoms with Crippen molar-refractivity contribution in [3.8, 4) is 5.75 Å². The van der Waals surface area contributed by atoms with Gasteiger partial charge in [0.25, 0.3) is 0 Å². The van der Waals surface area contributed by atoms with E-state index in [2.05, 4.69) is 34.0 Å². The van der Waals surface area contributed by atoms with Gasteiger partial charge in [-0.2, -0.15) is 0 Å². The number of halogens is 1. The minimum absolute atomic E-state index is 0.335. The normalized spacial score (nSPS) is 18.0. The van der Waals surface area contributed by atoms with Crippen LogP contribution in [0.4, 0.5) is 5.69 Å². The highest BCUT2D eigenvalue weighted by molar-refractivity contribution is 6.30. The molecule has 23 heavy (non-hydrogen) atoms. The summed E-state index contributed by atoms with van der Waals surface area (Å²) < 4.78 is 5.45. The van der Waals surface area contributed by atoms with Gasteiger partial charge < -0.3 is 20.3 Å². The Hall–Kier alpha value is -1.88. The molecular weight excluding hydrogens is 312 g/mol. The molecule has 1 aliphatic heterocycles. The van der Waals surface area contributed by atoms with Gasteiger partial charge in [0.05, 0.1) is 19.3 Å². The van der Waals surface area contributed by atoms with Crippen LogP contribution >= 0.6 is 11.6 Å². The number of hydrogen-bond acceptors (Lipinski definition) is 3. The number of hydrogen-bond donors (Lipinski definition) is 2. The van der Waals surface area contributed by atoms with E-state index in [0.717, 1.165) is 48.5 Å². The number of guanidine groups is 1. The van der Waals surface area contributed by atoms with Crippen LogP contribution < -0.4 is 20.3 Å². The molecule has 0 spiro atoms. The van der Waals surface area contributed by atoms with Crippen LogP contribution in [-0.2, 0) is 0 Å². The number of nitrogens with zero attached hydrogens (tertiary/aromatic N) is 2. The first kappa shape index (κ1) is 17.5. The average molecular weight is 337 g/mol. The second-order valence-corrected chi connectivity index (χ2v) is 5.84. The van der Waals surface area contributed by atoms with Crippen molar-refractivity contribution < 1.29 is 4.74 Å². The smallest absolute Gasteiger partial charge is 0.191 e. The van der Waals surface area contributed by atoms with Gasteiger partial charge in [-0.15, -0.1) is 6.58 Å². The number of rotatable bonds is 6. The molecule has 1 aromatic rings. The van der Waals surface area contributed by atoms with Gasteiger partial charge in [0, 0.05) is 30.7 Å². The first-order valence-corrected chi connectivity index (χ1v) is 8.30. The SMILES string of the molecule is C=CCN=C(NCC)NC1CCN(c2cc(Cl)ccc2OC)C1. The number of methoxy groups -OCH3 is 1. The number of ether oxygens (including phenoxy) is 1. The van der Waals surface area contributed by atoms with E-state index < -0.39 is 0 Å². The van der Waals surface area contributed by atoms with E-state index in [0.29, 0.717) is 12.6 Å². The summed E-state index contributed by atoms with van der Waals surface area (Å²) >= 11 is 6.14. The fourth-order valence-corrected chi connectivity index (χ4v) is 2.84. The molecule has 1 saturated heterocycles. The molecule has 0 aromatic heterocycles. The highest BCUT2D eigenvalue weighted by Gasteiger charge is 2.25. The molecule has 2 rings (SSSR count). The van der Waals surface area contributed by atoms with Crippen LogP contribution in [0.5, 0.6) is 5.75 Å². The Bertz CT molecular complexity index is 562. The maximum absolute atomic E-state index is 6.14. The van der Waals surface area contributed by atoms with E-state index in [9.17, 15) is 0 Å². The third-order valence-electron chi connectivity index (χ3n) is 3.73. The van der Waals surface area contributed by atoms with Crippen LogP contribution in [0, 0.1) is 0 Å². The molecule has 0 saturated carbocycles. The monoisotopic (exact) mass is 336 g/mol. The summed E-state index contributed by atoms with van der Waals surface area (Å²) in [5.41, 5.74) is 1.04. The van der Waals surface area contributed by atoms with Gasteiger partial charge in [-0.3, -0.25) is 0 Å². The molecule has 2 N–H and O–H groups in total. The molecule has 0 radical (unpaired) electrons. The molecule has 6 heteroatoms. The molecule has 126 valence electrons. The molecule has 1 aromatic carbocycles. The summed E-state index contributed by atoms with van der Waals surface area (Å²) in [4.78, 5) is 6.74. The first-order valence-electron chi connectivity index (χ1n) is 7.92. The molecule has 0 amide bonds. The second kappa shape index (κ2) is 8.67. The minimum Gasteiger partial charge on any atom is -0.495 e. The molecule has 1 unspecified atom stereocenters. The standard InChI is InChI=1S/C17H25ClN4O/c1-4-9-20-17(19-5-2)21-14-8-10-22(12-14)15-11-13(18)6-7-16(15)23-3/h4,6-7,11,14H,1,5,8-10,12H2,2-3H3,(H2,19,20,21). The number of anilines is 1. The quantitative estimate of drug-likeness (QED) is 0.476. The van der Waals surface area contributed by atoms with Crippen molar-refractivity contribution in [1.82, 2.24) is 10.6 Å². The lowest BCUT2D eigenvalue weighted by molar-refractivity contribution is 0.415. The van der Waals surface area contributed by atoms with Crippen LogP contribution in [0.3, 0.4) is 0 Å². The Morgan fingerprint density at radius 1 is 1.57 bits per heavy atom. The number of aliphatic imine (C=N–C) groups is 1. The summed E-state index contributed by atoms with van der Waals surface area (Å²) in [5.74, 6) is 1.68. The van der Waals surface area contributed by atoms with Crippen molar-refractivity contribution in [3.05, 3.63) is 35.9 Å². The Balaban J connectivity index is 2.03. The van der Waals surface area contributed by atoms with Gasteiger partial charge in [0.15, 0.2) is 5.96 Å². The fraction of sp³-hybridized carbons (Fsp3) is 0.471. The van der Waals surface area contributed by atoms with Gasteiger partial charge in [-0.1, -0.05) is 17.7 Å². The molecule has 1 atom stereocenters. The highest BCUT2D eigenvalue weighted by atomic mass is 35.5. The fourth-order valence-electron chi connectivity index (χ4n) is 2.68. The predicted octanol–water partition coefficient (Wildman–Crippen LogP) is 2.67. The molecule has 1 heterocycles. The van der Waals surface area contributed by atoms with Crippen LogP contribution in [-0.4, -0.2) is 45.3 Å². The van der Waals surface area contributed by atoms with E-state index in [-0.39, 0.29) is 0 Å². The van der Waals surface area contributed by atoms with Gasteiger partial charge in [0.2, 0.25) is 0 Å². The lowest BCUT2D eigenvalue weighted by atomic mass is 10.2. The average Bonchev–Trinajstić information content (AvgIpc) is 3.01. The van der Waals surface area contributed by atoms with Crippen LogP contribution in [0.15, 0.2) is 35.8 Å². The van der Waals surface area contributed by atoms with E-state index in [1.54, 1.807) is 13.2 Å². The molecule has 0 aliphatic carbocycles. The largest absolute Gasteiger partial charge is 0.495 e. The molecule has 0 bridgehead atoms. The molecule has 1 fully saturated rings. The van der Waals surface area contributed by atoms with Crippen molar-refractivity contribution >= 4 is 23.2 Å². The topological polar surface area (TPSA) is 48.9 Å². The van der Waals surface area contributed by atoms with E-state index in [1.165, 1.54) is 0 Å². The summed E-state index contributed by atoms with van der Waals surface area (Å²) in [7, 11) is 1.68. The zero-order chi connectivity index (χ0) is 16.7. The maximum Gasteiger partial charge on any atom is 0.191 e. The number of nitrogens with one attached hydrogen (secondary N) is 2. The summed E-state index contributed by atoms with van der Waals surface area (Å²) in [5, 5.41) is 7.46. The van der Waals surface area contributed by atoms with E-state index >= 15 is 0 Å². The summed E-state index contributed by atoms with van der Waals surface area (Å²) in [6.07, 6.45) is 2.82. The van der Waals surface area contributed by atoms with Gasteiger partial charge in [-0.05, 0) is 31.5 Å². The van der Waals surface area contributed by atoms with E-state index in [4.69, 9.17) is 16.3 Å². The summed E-state index contributed by atoms with van der Waals surface area (Å²) in [6, 6.07) is 6.05. The zero-order valence-electron chi connectivity index (χ0n) is 13.8. The van der Waals surface area contributed by atoms with Crippen LogP contribution in [0.1, 0.15) is 13.3 Å². The van der Waals surface area contributed by atoms with Crippen molar-refractivity contribution in [1.29, 1.82) is 0 Å². The molecule has 1 aliphatic rings. The predicted molar refractivity (Wildman–Crippen MR) is 97.9 cm³/mol. The Labute approximate surface area is 143 Å². The van der Waals surface area contributed by atoms with Gasteiger partial charge in [-0.25, -0.2) is 4.99 Å². The van der Waals surface area contributed by atoms with Crippen molar-refractivity contribution in [2.75, 3.05) is 38.2 Å². The van der Waals surface area contributed by atoms with E-state index in [1.807, 2.05) is 18.2 Å². The minimum atomic E-state index is 0.335. The Kier molecular flexibility index (Phi) is 6.59.